The van der Waals surface area contributed by atoms with Gasteiger partial charge in [0, 0.05) is 13.0 Å². The molecule has 23 heavy (non-hydrogen) atoms. The van der Waals surface area contributed by atoms with Crippen LogP contribution in [0.5, 0.6) is 0 Å². The van der Waals surface area contributed by atoms with E-state index in [1.807, 2.05) is 11.8 Å². The summed E-state index contributed by atoms with van der Waals surface area (Å²) in [7, 11) is 0. The van der Waals surface area contributed by atoms with Crippen molar-refractivity contribution in [1.82, 2.24) is 9.97 Å². The van der Waals surface area contributed by atoms with Crippen LogP contribution in [-0.4, -0.2) is 41.3 Å². The molecule has 1 unspecified atom stereocenters. The van der Waals surface area contributed by atoms with Crippen molar-refractivity contribution in [3.8, 4) is 0 Å². The summed E-state index contributed by atoms with van der Waals surface area (Å²) >= 11 is 0. The number of ketones is 2. The number of hydrogen-bond donors (Lipinski definition) is 2. The first kappa shape index (κ1) is 17.0. The molecule has 1 aromatic rings. The van der Waals surface area contributed by atoms with Gasteiger partial charge in [-0.2, -0.15) is 0 Å². The fourth-order valence-electron chi connectivity index (χ4n) is 2.89. The SMILES string of the molecule is CC(=O)CC(C)CCN1CN(CC(C)=O)c2c1[nH]c(=O)[nH]c2=O. The first-order valence-corrected chi connectivity index (χ1v) is 7.63. The first-order valence-electron chi connectivity index (χ1n) is 7.63. The Morgan fingerprint density at radius 2 is 1.83 bits per heavy atom. The number of nitrogens with zero attached hydrogens (tertiary/aromatic N) is 2. The summed E-state index contributed by atoms with van der Waals surface area (Å²) in [4.78, 5) is 54.5. The smallest absolute Gasteiger partial charge is 0.327 e. The standard InChI is InChI=1S/C15H22N4O4/c1-9(6-10(2)20)4-5-18-8-19(7-11(3)21)12-13(18)16-15(23)17-14(12)22/h9H,4-8H2,1-3H3,(H2,16,17,22,23). The molecule has 0 aromatic carbocycles. The van der Waals surface area contributed by atoms with Gasteiger partial charge in [-0.15, -0.1) is 0 Å². The lowest BCUT2D eigenvalue weighted by Gasteiger charge is -2.21. The summed E-state index contributed by atoms with van der Waals surface area (Å²) in [5, 5.41) is 0. The van der Waals surface area contributed by atoms with Crippen molar-refractivity contribution in [3.63, 3.8) is 0 Å². The zero-order chi connectivity index (χ0) is 17.1. The Morgan fingerprint density at radius 1 is 1.13 bits per heavy atom. The third kappa shape index (κ3) is 4.08. The van der Waals surface area contributed by atoms with Crippen molar-refractivity contribution >= 4 is 23.1 Å². The third-order valence-electron chi connectivity index (χ3n) is 3.81. The van der Waals surface area contributed by atoms with Crippen LogP contribution < -0.4 is 21.0 Å². The monoisotopic (exact) mass is 322 g/mol. The van der Waals surface area contributed by atoms with Gasteiger partial charge in [-0.1, -0.05) is 6.92 Å². The highest BCUT2D eigenvalue weighted by Gasteiger charge is 2.30. The van der Waals surface area contributed by atoms with E-state index in [0.717, 1.165) is 6.42 Å². The molecule has 2 rings (SSSR count). The van der Waals surface area contributed by atoms with E-state index in [1.54, 1.807) is 11.8 Å². The molecule has 0 spiro atoms. The zero-order valence-corrected chi connectivity index (χ0v) is 13.6. The van der Waals surface area contributed by atoms with Crippen molar-refractivity contribution in [2.45, 2.75) is 33.6 Å². The second-order valence-electron chi connectivity index (χ2n) is 6.21. The van der Waals surface area contributed by atoms with Gasteiger partial charge in [-0.05, 0) is 26.2 Å². The summed E-state index contributed by atoms with van der Waals surface area (Å²) in [6.07, 6.45) is 1.26. The molecule has 1 aliphatic rings. The van der Waals surface area contributed by atoms with E-state index in [4.69, 9.17) is 0 Å². The van der Waals surface area contributed by atoms with Crippen molar-refractivity contribution in [1.29, 1.82) is 0 Å². The third-order valence-corrected chi connectivity index (χ3v) is 3.81. The van der Waals surface area contributed by atoms with Crippen LogP contribution in [-0.2, 0) is 9.59 Å². The van der Waals surface area contributed by atoms with Crippen LogP contribution in [0.3, 0.4) is 0 Å². The molecule has 8 nitrogen and oxygen atoms in total. The molecule has 1 aliphatic heterocycles. The fourth-order valence-corrected chi connectivity index (χ4v) is 2.89. The van der Waals surface area contributed by atoms with Crippen LogP contribution in [0.4, 0.5) is 11.5 Å². The minimum atomic E-state index is -0.569. The molecule has 1 atom stereocenters. The number of aromatic amines is 2. The van der Waals surface area contributed by atoms with Gasteiger partial charge in [0.2, 0.25) is 0 Å². The number of fused-ring (bicyclic) bond motifs is 1. The molecule has 0 aliphatic carbocycles. The molecule has 0 saturated carbocycles. The predicted octanol–water partition coefficient (Wildman–Crippen LogP) is 0.241. The van der Waals surface area contributed by atoms with Gasteiger partial charge < -0.3 is 14.6 Å². The van der Waals surface area contributed by atoms with E-state index in [1.165, 1.54) is 6.92 Å². The van der Waals surface area contributed by atoms with Crippen LogP contribution in [0.25, 0.3) is 0 Å². The van der Waals surface area contributed by atoms with Gasteiger partial charge in [0.15, 0.2) is 0 Å². The Bertz CT molecular complexity index is 721. The van der Waals surface area contributed by atoms with E-state index < -0.39 is 11.2 Å². The van der Waals surface area contributed by atoms with E-state index >= 15 is 0 Å². The average Bonchev–Trinajstić information content (AvgIpc) is 2.72. The van der Waals surface area contributed by atoms with Gasteiger partial charge in [0.05, 0.1) is 13.2 Å². The Kier molecular flexibility index (Phi) is 5.02. The van der Waals surface area contributed by atoms with E-state index in [0.29, 0.717) is 31.1 Å². The number of carbonyl (C=O) groups excluding carboxylic acids is 2. The molecule has 0 fully saturated rings. The summed E-state index contributed by atoms with van der Waals surface area (Å²) in [6.45, 7) is 6.08. The van der Waals surface area contributed by atoms with E-state index in [-0.39, 0.29) is 24.0 Å². The number of nitrogens with one attached hydrogen (secondary N) is 2. The second kappa shape index (κ2) is 6.80. The maximum Gasteiger partial charge on any atom is 0.327 e. The minimum absolute atomic E-state index is 0.0617. The Morgan fingerprint density at radius 3 is 2.43 bits per heavy atom. The van der Waals surface area contributed by atoms with Crippen LogP contribution in [0.15, 0.2) is 9.59 Å². The lowest BCUT2D eigenvalue weighted by atomic mass is 10.0. The molecule has 0 saturated heterocycles. The maximum atomic E-state index is 12.1. The zero-order valence-electron chi connectivity index (χ0n) is 13.6. The summed E-state index contributed by atoms with van der Waals surface area (Å²) < 4.78 is 0. The number of carbonyl (C=O) groups is 2. The Balaban J connectivity index is 2.20. The summed E-state index contributed by atoms with van der Waals surface area (Å²) in [6, 6.07) is 0. The molecular formula is C15H22N4O4. The second-order valence-corrected chi connectivity index (χ2v) is 6.21. The quantitative estimate of drug-likeness (QED) is 0.745. The number of anilines is 2. The van der Waals surface area contributed by atoms with E-state index in [9.17, 15) is 19.2 Å². The molecular weight excluding hydrogens is 300 g/mol. The number of Topliss-reactive ketones (excluding diaryl/α,β-unsaturated/α-hetero) is 2. The van der Waals surface area contributed by atoms with Gasteiger partial charge in [-0.3, -0.25) is 19.6 Å². The highest BCUT2D eigenvalue weighted by atomic mass is 16.2. The van der Waals surface area contributed by atoms with Crippen LogP contribution in [0, 0.1) is 5.92 Å². The van der Waals surface area contributed by atoms with Crippen molar-refractivity contribution in [2.75, 3.05) is 29.6 Å². The van der Waals surface area contributed by atoms with Gasteiger partial charge >= 0.3 is 5.69 Å². The lowest BCUT2D eigenvalue weighted by molar-refractivity contribution is -0.118. The molecule has 8 heteroatoms. The molecule has 2 heterocycles. The van der Waals surface area contributed by atoms with E-state index in [2.05, 4.69) is 9.97 Å². The summed E-state index contributed by atoms with van der Waals surface area (Å²) in [5.41, 5.74) is -0.747. The molecule has 2 N–H and O–H groups in total. The van der Waals surface area contributed by atoms with Crippen molar-refractivity contribution in [3.05, 3.63) is 20.8 Å². The maximum absolute atomic E-state index is 12.1. The highest BCUT2D eigenvalue weighted by Crippen LogP contribution is 2.29. The predicted molar refractivity (Wildman–Crippen MR) is 87.0 cm³/mol. The lowest BCUT2D eigenvalue weighted by Crippen LogP contribution is -2.36. The van der Waals surface area contributed by atoms with Gasteiger partial charge in [0.25, 0.3) is 5.56 Å². The number of hydrogen-bond acceptors (Lipinski definition) is 6. The first-order chi connectivity index (χ1) is 10.8. The van der Waals surface area contributed by atoms with Gasteiger partial charge in [-0.25, -0.2) is 4.79 Å². The van der Waals surface area contributed by atoms with Gasteiger partial charge in [0.1, 0.15) is 23.1 Å². The molecule has 0 radical (unpaired) electrons. The highest BCUT2D eigenvalue weighted by molar-refractivity contribution is 5.84. The molecule has 1 aromatic heterocycles. The Hall–Kier alpha value is -2.38. The summed E-state index contributed by atoms with van der Waals surface area (Å²) in [5.74, 6) is 0.734. The number of H-pyrrole nitrogens is 2. The molecule has 0 bridgehead atoms. The van der Waals surface area contributed by atoms with Crippen molar-refractivity contribution in [2.24, 2.45) is 5.92 Å². The minimum Gasteiger partial charge on any atom is -0.339 e. The molecule has 126 valence electrons. The average molecular weight is 322 g/mol. The van der Waals surface area contributed by atoms with Crippen LogP contribution in [0.1, 0.15) is 33.6 Å². The van der Waals surface area contributed by atoms with Crippen LogP contribution >= 0.6 is 0 Å². The number of aromatic nitrogens is 2. The normalized spacial score (nSPS) is 14.7. The Labute approximate surface area is 133 Å². The molecule has 0 amide bonds. The van der Waals surface area contributed by atoms with Crippen LogP contribution in [0.2, 0.25) is 0 Å². The fraction of sp³-hybridized carbons (Fsp3) is 0.600. The number of rotatable bonds is 7. The largest absolute Gasteiger partial charge is 0.339 e. The topological polar surface area (TPSA) is 106 Å². The van der Waals surface area contributed by atoms with Crippen molar-refractivity contribution < 1.29 is 9.59 Å².